The molecule has 1 aromatic rings. The van der Waals surface area contributed by atoms with Crippen molar-refractivity contribution in [3.63, 3.8) is 0 Å². The van der Waals surface area contributed by atoms with E-state index in [0.29, 0.717) is 5.56 Å². The van der Waals surface area contributed by atoms with Gasteiger partial charge in [0.2, 0.25) is 5.78 Å². The minimum atomic E-state index is -3.21. The van der Waals surface area contributed by atoms with Crippen LogP contribution in [0, 0.1) is 0 Å². The lowest BCUT2D eigenvalue weighted by molar-refractivity contribution is 0.0168. The van der Waals surface area contributed by atoms with E-state index in [9.17, 15) is 13.6 Å². The first-order valence-corrected chi connectivity index (χ1v) is 4.51. The van der Waals surface area contributed by atoms with Crippen LogP contribution in [0.5, 0.6) is 0 Å². The molecule has 0 unspecified atom stereocenters. The fourth-order valence-electron chi connectivity index (χ4n) is 1.45. The number of benzene rings is 1. The van der Waals surface area contributed by atoms with Crippen LogP contribution in [0.15, 0.2) is 22.7 Å². The quantitative estimate of drug-likeness (QED) is 0.688. The van der Waals surface area contributed by atoms with E-state index >= 15 is 0 Å². The number of halogens is 3. The number of fused-ring (bicyclic) bond motifs is 1. The predicted octanol–water partition coefficient (Wildman–Crippen LogP) is 2.82. The van der Waals surface area contributed by atoms with Gasteiger partial charge in [-0.1, -0.05) is 15.9 Å². The van der Waals surface area contributed by atoms with Gasteiger partial charge in [-0.2, -0.15) is 8.78 Å². The Morgan fingerprint density at radius 1 is 1.38 bits per heavy atom. The number of carbonyl (C=O) groups is 1. The van der Waals surface area contributed by atoms with E-state index in [0.717, 1.165) is 4.47 Å². The summed E-state index contributed by atoms with van der Waals surface area (Å²) in [6, 6.07) is 4.59. The third-order valence-corrected chi connectivity index (χ3v) is 2.55. The van der Waals surface area contributed by atoms with Crippen LogP contribution in [-0.2, 0) is 6.42 Å². The van der Waals surface area contributed by atoms with Crippen molar-refractivity contribution < 1.29 is 13.6 Å². The Bertz CT molecular complexity index is 387. The summed E-state index contributed by atoms with van der Waals surface area (Å²) in [4.78, 5) is 11.1. The Hall–Kier alpha value is -0.770. The molecular formula is C9H5BrF2O. The standard InChI is InChI=1S/C9H5BrF2O/c10-6-1-2-7-5(3-6)4-9(11,12)8(7)13/h1-3H,4H2. The highest BCUT2D eigenvalue weighted by molar-refractivity contribution is 9.10. The molecule has 0 atom stereocenters. The lowest BCUT2D eigenvalue weighted by Crippen LogP contribution is -2.23. The molecule has 0 saturated heterocycles. The maximum Gasteiger partial charge on any atom is 0.313 e. The summed E-state index contributed by atoms with van der Waals surface area (Å²) in [6.45, 7) is 0. The van der Waals surface area contributed by atoms with Gasteiger partial charge < -0.3 is 0 Å². The van der Waals surface area contributed by atoms with Crippen molar-refractivity contribution in [3.8, 4) is 0 Å². The van der Waals surface area contributed by atoms with Gasteiger partial charge in [-0.25, -0.2) is 0 Å². The molecule has 0 amide bonds. The van der Waals surface area contributed by atoms with E-state index < -0.39 is 18.1 Å². The second-order valence-electron chi connectivity index (χ2n) is 3.01. The SMILES string of the molecule is O=C1c2ccc(Br)cc2CC1(F)F. The van der Waals surface area contributed by atoms with Gasteiger partial charge in [0.15, 0.2) is 0 Å². The van der Waals surface area contributed by atoms with Crippen LogP contribution in [0.2, 0.25) is 0 Å². The van der Waals surface area contributed by atoms with E-state index in [4.69, 9.17) is 0 Å². The van der Waals surface area contributed by atoms with Crippen LogP contribution in [0.1, 0.15) is 15.9 Å². The highest BCUT2D eigenvalue weighted by Crippen LogP contribution is 2.35. The maximum atomic E-state index is 12.9. The Labute approximate surface area is 81.9 Å². The van der Waals surface area contributed by atoms with Crippen molar-refractivity contribution in [2.45, 2.75) is 12.3 Å². The molecule has 0 N–H and O–H groups in total. The molecule has 1 nitrogen and oxygen atoms in total. The third kappa shape index (κ3) is 1.29. The molecule has 1 aliphatic rings. The maximum absolute atomic E-state index is 12.9. The zero-order chi connectivity index (χ0) is 9.64. The first-order chi connectivity index (χ1) is 6.00. The number of hydrogen-bond acceptors (Lipinski definition) is 1. The number of hydrogen-bond donors (Lipinski definition) is 0. The summed E-state index contributed by atoms with van der Waals surface area (Å²) in [7, 11) is 0. The summed E-state index contributed by atoms with van der Waals surface area (Å²) in [6.07, 6.45) is -0.472. The fraction of sp³-hybridized carbons (Fsp3) is 0.222. The van der Waals surface area contributed by atoms with Crippen LogP contribution < -0.4 is 0 Å². The minimum Gasteiger partial charge on any atom is -0.287 e. The lowest BCUT2D eigenvalue weighted by atomic mass is 10.1. The zero-order valence-corrected chi connectivity index (χ0v) is 8.07. The average Bonchev–Trinajstić information content (AvgIpc) is 2.22. The zero-order valence-electron chi connectivity index (χ0n) is 6.48. The first-order valence-electron chi connectivity index (χ1n) is 3.72. The largest absolute Gasteiger partial charge is 0.313 e. The van der Waals surface area contributed by atoms with Gasteiger partial charge in [0.05, 0.1) is 0 Å². The van der Waals surface area contributed by atoms with Crippen LogP contribution in [0.25, 0.3) is 0 Å². The number of Topliss-reactive ketones (excluding diaryl/α,β-unsaturated/α-hetero) is 1. The molecule has 0 fully saturated rings. The van der Waals surface area contributed by atoms with Gasteiger partial charge in [-0.05, 0) is 23.8 Å². The van der Waals surface area contributed by atoms with Crippen molar-refractivity contribution in [1.29, 1.82) is 0 Å². The van der Waals surface area contributed by atoms with E-state index in [1.807, 2.05) is 0 Å². The first kappa shape index (κ1) is 8.81. The molecule has 0 spiro atoms. The molecular weight excluding hydrogens is 242 g/mol. The molecule has 2 rings (SSSR count). The molecule has 0 aromatic heterocycles. The van der Waals surface area contributed by atoms with Crippen molar-refractivity contribution >= 4 is 21.7 Å². The van der Waals surface area contributed by atoms with E-state index in [1.165, 1.54) is 6.07 Å². The molecule has 0 saturated carbocycles. The molecule has 1 aliphatic carbocycles. The van der Waals surface area contributed by atoms with E-state index in [2.05, 4.69) is 15.9 Å². The highest BCUT2D eigenvalue weighted by Gasteiger charge is 2.46. The summed E-state index contributed by atoms with van der Waals surface area (Å²) in [5.41, 5.74) is 0.567. The summed E-state index contributed by atoms with van der Waals surface area (Å²) < 4.78 is 26.5. The smallest absolute Gasteiger partial charge is 0.287 e. The lowest BCUT2D eigenvalue weighted by Gasteiger charge is -2.02. The Morgan fingerprint density at radius 2 is 2.08 bits per heavy atom. The number of ketones is 1. The van der Waals surface area contributed by atoms with Gasteiger partial charge in [-0.15, -0.1) is 0 Å². The van der Waals surface area contributed by atoms with Crippen molar-refractivity contribution in [2.75, 3.05) is 0 Å². The van der Waals surface area contributed by atoms with Crippen LogP contribution in [-0.4, -0.2) is 11.7 Å². The number of carbonyl (C=O) groups excluding carboxylic acids is 1. The molecule has 68 valence electrons. The fourth-order valence-corrected chi connectivity index (χ4v) is 1.86. The normalized spacial score (nSPS) is 18.8. The summed E-state index contributed by atoms with van der Waals surface area (Å²) in [5.74, 6) is -4.27. The Balaban J connectivity index is 2.57. The van der Waals surface area contributed by atoms with Crippen molar-refractivity contribution in [3.05, 3.63) is 33.8 Å². The second-order valence-corrected chi connectivity index (χ2v) is 3.93. The minimum absolute atomic E-state index is 0.146. The number of alkyl halides is 2. The molecule has 4 heteroatoms. The molecule has 0 heterocycles. The monoisotopic (exact) mass is 246 g/mol. The van der Waals surface area contributed by atoms with Gasteiger partial charge in [-0.3, -0.25) is 4.79 Å². The van der Waals surface area contributed by atoms with Crippen LogP contribution in [0.4, 0.5) is 8.78 Å². The second kappa shape index (κ2) is 2.61. The number of rotatable bonds is 0. The highest BCUT2D eigenvalue weighted by atomic mass is 79.9. The average molecular weight is 247 g/mol. The van der Waals surface area contributed by atoms with Gasteiger partial charge in [0, 0.05) is 16.5 Å². The third-order valence-electron chi connectivity index (χ3n) is 2.06. The van der Waals surface area contributed by atoms with Gasteiger partial charge >= 0.3 is 5.92 Å². The van der Waals surface area contributed by atoms with Crippen LogP contribution >= 0.6 is 15.9 Å². The molecule has 0 bridgehead atoms. The molecule has 13 heavy (non-hydrogen) atoms. The van der Waals surface area contributed by atoms with Crippen LogP contribution in [0.3, 0.4) is 0 Å². The van der Waals surface area contributed by atoms with E-state index in [1.54, 1.807) is 12.1 Å². The van der Waals surface area contributed by atoms with Gasteiger partial charge in [0.25, 0.3) is 0 Å². The van der Waals surface area contributed by atoms with E-state index in [-0.39, 0.29) is 5.56 Å². The topological polar surface area (TPSA) is 17.1 Å². The van der Waals surface area contributed by atoms with Gasteiger partial charge in [0.1, 0.15) is 0 Å². The molecule has 1 aromatic carbocycles. The molecule has 0 radical (unpaired) electrons. The summed E-state index contributed by atoms with van der Waals surface area (Å²) >= 11 is 3.17. The molecule has 0 aliphatic heterocycles. The predicted molar refractivity (Wildman–Crippen MR) is 47.1 cm³/mol. The summed E-state index contributed by atoms with van der Waals surface area (Å²) in [5, 5.41) is 0. The Kier molecular flexibility index (Phi) is 1.77. The van der Waals surface area contributed by atoms with Crippen molar-refractivity contribution in [2.24, 2.45) is 0 Å². The van der Waals surface area contributed by atoms with Crippen molar-refractivity contribution in [1.82, 2.24) is 0 Å². The Morgan fingerprint density at radius 3 is 2.77 bits per heavy atom.